The van der Waals surface area contributed by atoms with Crippen LogP contribution in [0.4, 0.5) is 29.1 Å². The van der Waals surface area contributed by atoms with E-state index in [1.807, 2.05) is 0 Å². The predicted molar refractivity (Wildman–Crippen MR) is 103 cm³/mol. The molecule has 4 aromatic rings. The number of hydrogen-bond acceptors (Lipinski definition) is 6. The minimum atomic E-state index is -5.05. The van der Waals surface area contributed by atoms with Gasteiger partial charge in [-0.25, -0.2) is 4.39 Å². The summed E-state index contributed by atoms with van der Waals surface area (Å²) in [4.78, 5) is 8.52. The van der Waals surface area contributed by atoms with E-state index < -0.39 is 17.9 Å². The molecule has 0 aliphatic heterocycles. The first-order valence-electron chi connectivity index (χ1n) is 8.59. The number of nitrogens with two attached hydrogens (primary N) is 2. The Morgan fingerprint density at radius 2 is 1.80 bits per heavy atom. The number of halogens is 4. The Kier molecular flexibility index (Phi) is 4.49. The first kappa shape index (κ1) is 19.5. The van der Waals surface area contributed by atoms with Crippen molar-refractivity contribution in [2.24, 2.45) is 0 Å². The van der Waals surface area contributed by atoms with E-state index in [4.69, 9.17) is 15.9 Å². The third-order valence-electron chi connectivity index (χ3n) is 4.42. The van der Waals surface area contributed by atoms with Crippen molar-refractivity contribution in [3.63, 3.8) is 0 Å². The van der Waals surface area contributed by atoms with E-state index in [0.29, 0.717) is 22.2 Å². The number of nitrogens with zero attached hydrogens (tertiary/aromatic N) is 2. The third-order valence-corrected chi connectivity index (χ3v) is 4.42. The van der Waals surface area contributed by atoms with Crippen LogP contribution in [0, 0.1) is 12.7 Å². The summed E-state index contributed by atoms with van der Waals surface area (Å²) in [6.45, 7) is 1.81. The Morgan fingerprint density at radius 1 is 1.03 bits per heavy atom. The second-order valence-corrected chi connectivity index (χ2v) is 6.48. The molecular weight excluding hydrogens is 404 g/mol. The summed E-state index contributed by atoms with van der Waals surface area (Å²) in [6.07, 6.45) is -2.04. The molecule has 4 rings (SSSR count). The van der Waals surface area contributed by atoms with E-state index in [0.717, 1.165) is 17.8 Å². The molecule has 0 saturated carbocycles. The van der Waals surface area contributed by atoms with Crippen LogP contribution in [-0.4, -0.2) is 16.3 Å². The van der Waals surface area contributed by atoms with Gasteiger partial charge < -0.3 is 20.6 Å². The Hall–Kier alpha value is -3.82. The maximum atomic E-state index is 13.8. The second kappa shape index (κ2) is 6.90. The molecule has 1 aromatic carbocycles. The average Bonchev–Trinajstić information content (AvgIpc) is 2.97. The minimum Gasteiger partial charge on any atom is -0.436 e. The van der Waals surface area contributed by atoms with Gasteiger partial charge in [0.05, 0.1) is 5.39 Å². The lowest BCUT2D eigenvalue weighted by atomic mass is 10.0. The van der Waals surface area contributed by atoms with Gasteiger partial charge in [0.2, 0.25) is 5.88 Å². The van der Waals surface area contributed by atoms with E-state index in [-0.39, 0.29) is 22.7 Å². The van der Waals surface area contributed by atoms with Gasteiger partial charge in [-0.2, -0.15) is 0 Å². The normalized spacial score (nSPS) is 11.8. The third kappa shape index (κ3) is 3.47. The number of anilines is 2. The first-order valence-corrected chi connectivity index (χ1v) is 8.59. The van der Waals surface area contributed by atoms with Crippen molar-refractivity contribution in [3.8, 4) is 28.1 Å². The molecule has 6 nitrogen and oxygen atoms in total. The zero-order valence-electron chi connectivity index (χ0n) is 15.4. The molecule has 0 radical (unpaired) electrons. The number of alkyl halides is 3. The van der Waals surface area contributed by atoms with E-state index in [1.54, 1.807) is 25.3 Å². The number of ether oxygens (including phenoxy) is 1. The molecule has 0 aliphatic rings. The number of furan rings is 1. The van der Waals surface area contributed by atoms with Crippen LogP contribution in [0.2, 0.25) is 0 Å². The number of nitrogen functional groups attached to an aromatic ring is 2. The van der Waals surface area contributed by atoms with Crippen LogP contribution in [0.1, 0.15) is 5.69 Å². The first-order chi connectivity index (χ1) is 14.1. The van der Waals surface area contributed by atoms with Gasteiger partial charge in [-0.05, 0) is 36.8 Å². The van der Waals surface area contributed by atoms with Gasteiger partial charge in [-0.15, -0.1) is 13.2 Å². The van der Waals surface area contributed by atoms with E-state index in [1.165, 1.54) is 12.3 Å². The topological polar surface area (TPSA) is 100 Å². The summed E-state index contributed by atoms with van der Waals surface area (Å²) in [6, 6.07) is 6.56. The second-order valence-electron chi connectivity index (χ2n) is 6.48. The average molecular weight is 418 g/mol. The van der Waals surface area contributed by atoms with Crippen LogP contribution in [0.15, 0.2) is 47.1 Å². The number of rotatable bonds is 3. The summed E-state index contributed by atoms with van der Waals surface area (Å²) >= 11 is 0. The Balaban J connectivity index is 1.94. The van der Waals surface area contributed by atoms with Gasteiger partial charge in [0.25, 0.3) is 0 Å². The summed E-state index contributed by atoms with van der Waals surface area (Å²) in [7, 11) is 0. The highest BCUT2D eigenvalue weighted by Crippen LogP contribution is 2.42. The fourth-order valence-corrected chi connectivity index (χ4v) is 3.14. The van der Waals surface area contributed by atoms with E-state index in [9.17, 15) is 17.6 Å². The largest absolute Gasteiger partial charge is 0.573 e. The molecule has 154 valence electrons. The van der Waals surface area contributed by atoms with Crippen molar-refractivity contribution < 1.29 is 26.7 Å². The van der Waals surface area contributed by atoms with Crippen LogP contribution >= 0.6 is 0 Å². The molecule has 0 fully saturated rings. The van der Waals surface area contributed by atoms with Crippen molar-refractivity contribution >= 4 is 22.5 Å². The SMILES string of the molecule is Cc1cc(-c2ncc(-c3ccc(F)c(OC(F)(F)F)c3)c3c(N)c(N)oc23)ccn1. The molecule has 0 amide bonds. The van der Waals surface area contributed by atoms with Crippen LogP contribution in [0.5, 0.6) is 5.75 Å². The zero-order chi connectivity index (χ0) is 21.6. The van der Waals surface area contributed by atoms with Crippen LogP contribution in [0.25, 0.3) is 33.4 Å². The summed E-state index contributed by atoms with van der Waals surface area (Å²) in [5, 5.41) is 0.344. The molecule has 0 spiro atoms. The zero-order valence-corrected chi connectivity index (χ0v) is 15.4. The number of benzene rings is 1. The minimum absolute atomic E-state index is 0.0693. The molecule has 4 N–H and O–H groups in total. The lowest BCUT2D eigenvalue weighted by Crippen LogP contribution is -2.18. The molecule has 0 bridgehead atoms. The monoisotopic (exact) mass is 418 g/mol. The van der Waals surface area contributed by atoms with Crippen LogP contribution in [-0.2, 0) is 0 Å². The Bertz CT molecular complexity index is 1270. The van der Waals surface area contributed by atoms with Crippen molar-refractivity contribution in [1.82, 2.24) is 9.97 Å². The van der Waals surface area contributed by atoms with Crippen molar-refractivity contribution in [3.05, 3.63) is 54.2 Å². The summed E-state index contributed by atoms with van der Waals surface area (Å²) < 4.78 is 61.0. The molecule has 0 saturated heterocycles. The number of aromatic nitrogens is 2. The molecule has 0 atom stereocenters. The predicted octanol–water partition coefficient (Wildman–Crippen LogP) is 5.07. The van der Waals surface area contributed by atoms with E-state index in [2.05, 4.69) is 14.7 Å². The number of fused-ring (bicyclic) bond motifs is 1. The molecule has 0 unspecified atom stereocenters. The van der Waals surface area contributed by atoms with Gasteiger partial charge in [-0.1, -0.05) is 6.07 Å². The number of hydrogen-bond donors (Lipinski definition) is 2. The maximum absolute atomic E-state index is 13.8. The Labute approximate surface area is 167 Å². The molecule has 30 heavy (non-hydrogen) atoms. The van der Waals surface area contributed by atoms with Crippen LogP contribution in [0.3, 0.4) is 0 Å². The highest BCUT2D eigenvalue weighted by molar-refractivity contribution is 6.09. The smallest absolute Gasteiger partial charge is 0.436 e. The van der Waals surface area contributed by atoms with Crippen molar-refractivity contribution in [1.29, 1.82) is 0 Å². The maximum Gasteiger partial charge on any atom is 0.573 e. The molecule has 3 aromatic heterocycles. The number of pyridine rings is 2. The molecular formula is C20H14F4N4O2. The van der Waals surface area contributed by atoms with Gasteiger partial charge in [0.15, 0.2) is 17.1 Å². The van der Waals surface area contributed by atoms with Crippen molar-refractivity contribution in [2.75, 3.05) is 11.5 Å². The van der Waals surface area contributed by atoms with E-state index >= 15 is 0 Å². The lowest BCUT2D eigenvalue weighted by molar-refractivity contribution is -0.275. The molecule has 0 aliphatic carbocycles. The summed E-state index contributed by atoms with van der Waals surface area (Å²) in [5.41, 5.74) is 14.6. The fourth-order valence-electron chi connectivity index (χ4n) is 3.14. The Morgan fingerprint density at radius 3 is 2.50 bits per heavy atom. The van der Waals surface area contributed by atoms with Gasteiger partial charge in [0.1, 0.15) is 11.4 Å². The summed E-state index contributed by atoms with van der Waals surface area (Å²) in [5.74, 6) is -2.21. The van der Waals surface area contributed by atoms with Gasteiger partial charge in [0, 0.05) is 29.2 Å². The fraction of sp³-hybridized carbons (Fsp3) is 0.100. The van der Waals surface area contributed by atoms with Crippen LogP contribution < -0.4 is 16.2 Å². The standard InChI is InChI=1S/C20H14F4N4O2/c1-9-6-11(4-5-27-9)17-18-15(16(25)19(26)29-18)12(8-28-17)10-2-3-13(21)14(7-10)30-20(22,23)24/h2-8H,25-26H2,1H3. The quantitative estimate of drug-likeness (QED) is 0.451. The molecule has 3 heterocycles. The molecule has 10 heteroatoms. The van der Waals surface area contributed by atoms with Gasteiger partial charge >= 0.3 is 6.36 Å². The lowest BCUT2D eigenvalue weighted by Gasteiger charge is -2.12. The highest BCUT2D eigenvalue weighted by atomic mass is 19.4. The van der Waals surface area contributed by atoms with Crippen molar-refractivity contribution in [2.45, 2.75) is 13.3 Å². The highest BCUT2D eigenvalue weighted by Gasteiger charge is 2.32. The van der Waals surface area contributed by atoms with Gasteiger partial charge in [-0.3, -0.25) is 9.97 Å². The number of aryl methyl sites for hydroxylation is 1.